The quantitative estimate of drug-likeness (QED) is 0.743. The predicted octanol–water partition coefficient (Wildman–Crippen LogP) is 0.215. The SMILES string of the molecule is COc1cccc(NCc2nn[nH]n2)n1. The third-order valence-corrected chi connectivity index (χ3v) is 1.75. The maximum absolute atomic E-state index is 4.99. The van der Waals surface area contributed by atoms with Crippen LogP contribution in [0.2, 0.25) is 0 Å². The molecular formula is C8H10N6O. The van der Waals surface area contributed by atoms with Gasteiger partial charge in [-0.25, -0.2) is 0 Å². The van der Waals surface area contributed by atoms with E-state index in [0.29, 0.717) is 24.1 Å². The van der Waals surface area contributed by atoms with E-state index in [1.54, 1.807) is 13.2 Å². The number of hydrogen-bond acceptors (Lipinski definition) is 6. The highest BCUT2D eigenvalue weighted by atomic mass is 16.5. The van der Waals surface area contributed by atoms with Gasteiger partial charge in [-0.3, -0.25) is 0 Å². The first kappa shape index (κ1) is 9.38. The second-order valence-corrected chi connectivity index (χ2v) is 2.75. The summed E-state index contributed by atoms with van der Waals surface area (Å²) in [6.45, 7) is 0.469. The molecule has 0 aliphatic heterocycles. The molecule has 2 heterocycles. The van der Waals surface area contributed by atoms with Gasteiger partial charge >= 0.3 is 0 Å². The fraction of sp³-hybridized carbons (Fsp3) is 0.250. The molecule has 0 bridgehead atoms. The van der Waals surface area contributed by atoms with Crippen molar-refractivity contribution in [3.63, 3.8) is 0 Å². The van der Waals surface area contributed by atoms with E-state index in [0.717, 1.165) is 0 Å². The number of aromatic amines is 1. The minimum atomic E-state index is 0.469. The largest absolute Gasteiger partial charge is 0.481 e. The van der Waals surface area contributed by atoms with Crippen molar-refractivity contribution >= 4 is 5.82 Å². The topological polar surface area (TPSA) is 88.6 Å². The van der Waals surface area contributed by atoms with E-state index >= 15 is 0 Å². The van der Waals surface area contributed by atoms with Gasteiger partial charge in [-0.2, -0.15) is 10.2 Å². The van der Waals surface area contributed by atoms with Crippen molar-refractivity contribution in [2.24, 2.45) is 0 Å². The van der Waals surface area contributed by atoms with Gasteiger partial charge in [0.1, 0.15) is 5.82 Å². The number of rotatable bonds is 4. The highest BCUT2D eigenvalue weighted by molar-refractivity contribution is 5.36. The number of tetrazole rings is 1. The zero-order valence-electron chi connectivity index (χ0n) is 8.14. The molecule has 15 heavy (non-hydrogen) atoms. The molecule has 78 valence electrons. The molecule has 0 radical (unpaired) electrons. The van der Waals surface area contributed by atoms with Crippen LogP contribution in [0.5, 0.6) is 5.88 Å². The van der Waals surface area contributed by atoms with Crippen molar-refractivity contribution in [3.05, 3.63) is 24.0 Å². The summed E-state index contributed by atoms with van der Waals surface area (Å²) in [6.07, 6.45) is 0. The molecule has 7 nitrogen and oxygen atoms in total. The molecular weight excluding hydrogens is 196 g/mol. The van der Waals surface area contributed by atoms with Crippen LogP contribution in [0.15, 0.2) is 18.2 Å². The minimum Gasteiger partial charge on any atom is -0.481 e. The standard InChI is InChI=1S/C8H10N6O/c1-15-8-4-2-3-6(10-8)9-5-7-11-13-14-12-7/h2-4H,5H2,1H3,(H,9,10)(H,11,12,13,14). The van der Waals surface area contributed by atoms with E-state index in [1.807, 2.05) is 12.1 Å². The summed E-state index contributed by atoms with van der Waals surface area (Å²) < 4.78 is 4.99. The monoisotopic (exact) mass is 206 g/mol. The van der Waals surface area contributed by atoms with E-state index in [2.05, 4.69) is 30.9 Å². The summed E-state index contributed by atoms with van der Waals surface area (Å²) in [7, 11) is 1.57. The van der Waals surface area contributed by atoms with Crippen LogP contribution in [0.3, 0.4) is 0 Å². The van der Waals surface area contributed by atoms with Gasteiger partial charge in [0.2, 0.25) is 5.88 Å². The van der Waals surface area contributed by atoms with Crippen molar-refractivity contribution < 1.29 is 4.74 Å². The molecule has 2 aromatic rings. The number of methoxy groups -OCH3 is 1. The third-order valence-electron chi connectivity index (χ3n) is 1.75. The number of H-pyrrole nitrogens is 1. The lowest BCUT2D eigenvalue weighted by Crippen LogP contribution is -2.03. The van der Waals surface area contributed by atoms with Crippen LogP contribution in [-0.2, 0) is 6.54 Å². The summed E-state index contributed by atoms with van der Waals surface area (Å²) in [5.74, 6) is 1.85. The van der Waals surface area contributed by atoms with Gasteiger partial charge < -0.3 is 10.1 Å². The van der Waals surface area contributed by atoms with E-state index in [-0.39, 0.29) is 0 Å². The molecule has 0 aromatic carbocycles. The van der Waals surface area contributed by atoms with Gasteiger partial charge in [0.15, 0.2) is 5.82 Å². The van der Waals surface area contributed by atoms with Gasteiger partial charge in [-0.05, 0) is 6.07 Å². The second kappa shape index (κ2) is 4.36. The number of hydrogen-bond donors (Lipinski definition) is 2. The Balaban J connectivity index is 1.98. The van der Waals surface area contributed by atoms with Crippen molar-refractivity contribution in [1.82, 2.24) is 25.6 Å². The van der Waals surface area contributed by atoms with E-state index in [9.17, 15) is 0 Å². The highest BCUT2D eigenvalue weighted by Gasteiger charge is 1.99. The van der Waals surface area contributed by atoms with Crippen LogP contribution in [0, 0.1) is 0 Å². The molecule has 0 amide bonds. The lowest BCUT2D eigenvalue weighted by molar-refractivity contribution is 0.398. The molecule has 0 saturated carbocycles. The van der Waals surface area contributed by atoms with E-state index < -0.39 is 0 Å². The highest BCUT2D eigenvalue weighted by Crippen LogP contribution is 2.10. The Hall–Kier alpha value is -2.18. The molecule has 0 aliphatic carbocycles. The molecule has 0 fully saturated rings. The molecule has 0 spiro atoms. The number of ether oxygens (including phenoxy) is 1. The summed E-state index contributed by atoms with van der Waals surface area (Å²) >= 11 is 0. The molecule has 0 atom stereocenters. The minimum absolute atomic E-state index is 0.469. The van der Waals surface area contributed by atoms with Gasteiger partial charge in [0.25, 0.3) is 0 Å². The lowest BCUT2D eigenvalue weighted by atomic mass is 10.4. The Morgan fingerprint density at radius 1 is 1.47 bits per heavy atom. The number of anilines is 1. The average Bonchev–Trinajstić information content (AvgIpc) is 2.79. The second-order valence-electron chi connectivity index (χ2n) is 2.75. The Morgan fingerprint density at radius 3 is 3.13 bits per heavy atom. The number of nitrogens with zero attached hydrogens (tertiary/aromatic N) is 4. The average molecular weight is 206 g/mol. The fourth-order valence-electron chi connectivity index (χ4n) is 1.05. The molecule has 2 aromatic heterocycles. The molecule has 2 N–H and O–H groups in total. The maximum Gasteiger partial charge on any atom is 0.214 e. The third kappa shape index (κ3) is 2.39. The number of pyridine rings is 1. The summed E-state index contributed by atoms with van der Waals surface area (Å²) in [5.41, 5.74) is 0. The molecule has 0 unspecified atom stereocenters. The molecule has 2 rings (SSSR count). The van der Waals surface area contributed by atoms with Crippen LogP contribution in [0.1, 0.15) is 5.82 Å². The Labute approximate surface area is 85.9 Å². The maximum atomic E-state index is 4.99. The van der Waals surface area contributed by atoms with Crippen molar-refractivity contribution in [2.75, 3.05) is 12.4 Å². The summed E-state index contributed by atoms with van der Waals surface area (Å²) in [5, 5.41) is 16.5. The lowest BCUT2D eigenvalue weighted by Gasteiger charge is -2.03. The number of nitrogens with one attached hydrogen (secondary N) is 2. The first-order valence-electron chi connectivity index (χ1n) is 4.36. The summed E-state index contributed by atoms with van der Waals surface area (Å²) in [4.78, 5) is 4.17. The Kier molecular flexibility index (Phi) is 2.72. The molecule has 7 heteroatoms. The van der Waals surface area contributed by atoms with Crippen LogP contribution >= 0.6 is 0 Å². The van der Waals surface area contributed by atoms with Gasteiger partial charge in [-0.1, -0.05) is 11.3 Å². The van der Waals surface area contributed by atoms with Crippen molar-refractivity contribution in [3.8, 4) is 5.88 Å². The normalized spacial score (nSPS) is 9.93. The van der Waals surface area contributed by atoms with E-state index in [1.165, 1.54) is 0 Å². The molecule has 0 aliphatic rings. The van der Waals surface area contributed by atoms with Crippen LogP contribution < -0.4 is 10.1 Å². The Morgan fingerprint density at radius 2 is 2.40 bits per heavy atom. The predicted molar refractivity (Wildman–Crippen MR) is 52.3 cm³/mol. The fourth-order valence-corrected chi connectivity index (χ4v) is 1.05. The van der Waals surface area contributed by atoms with Crippen LogP contribution in [0.4, 0.5) is 5.82 Å². The smallest absolute Gasteiger partial charge is 0.214 e. The van der Waals surface area contributed by atoms with Gasteiger partial charge in [0, 0.05) is 6.07 Å². The van der Waals surface area contributed by atoms with Gasteiger partial charge in [0.05, 0.1) is 13.7 Å². The molecule has 0 saturated heterocycles. The van der Waals surface area contributed by atoms with Crippen LogP contribution in [0.25, 0.3) is 0 Å². The van der Waals surface area contributed by atoms with Crippen LogP contribution in [-0.4, -0.2) is 32.7 Å². The first-order valence-corrected chi connectivity index (χ1v) is 4.36. The number of aromatic nitrogens is 5. The first-order chi connectivity index (χ1) is 7.38. The Bertz CT molecular complexity index is 415. The zero-order valence-corrected chi connectivity index (χ0v) is 8.14. The van der Waals surface area contributed by atoms with E-state index in [4.69, 9.17) is 4.74 Å². The van der Waals surface area contributed by atoms with Crippen molar-refractivity contribution in [2.45, 2.75) is 6.54 Å². The van der Waals surface area contributed by atoms with Gasteiger partial charge in [-0.15, -0.1) is 10.2 Å². The summed E-state index contributed by atoms with van der Waals surface area (Å²) in [6, 6.07) is 5.46. The van der Waals surface area contributed by atoms with Crippen molar-refractivity contribution in [1.29, 1.82) is 0 Å². The zero-order chi connectivity index (χ0) is 10.5.